The third-order valence-corrected chi connectivity index (χ3v) is 5.79. The van der Waals surface area contributed by atoms with E-state index in [4.69, 9.17) is 22.6 Å². The summed E-state index contributed by atoms with van der Waals surface area (Å²) < 4.78 is 26.8. The maximum atomic E-state index is 12.7. The predicted octanol–water partition coefficient (Wildman–Crippen LogP) is 1.71. The number of piperidine rings is 1. The van der Waals surface area contributed by atoms with Crippen LogP contribution in [0.4, 0.5) is 0 Å². The molecule has 0 spiro atoms. The molecule has 1 atom stereocenters. The molecule has 0 bridgehead atoms. The summed E-state index contributed by atoms with van der Waals surface area (Å²) in [6.45, 7) is 0.770. The average molecular weight is 314 g/mol. The van der Waals surface area contributed by atoms with E-state index in [1.165, 1.54) is 22.5 Å². The Morgan fingerprint density at radius 3 is 2.85 bits per heavy atom. The lowest BCUT2D eigenvalue weighted by Gasteiger charge is -2.33. The lowest BCUT2D eigenvalue weighted by molar-refractivity contribution is 0.257. The summed E-state index contributed by atoms with van der Waals surface area (Å²) in [6.07, 6.45) is 2.58. The lowest BCUT2D eigenvalue weighted by Crippen LogP contribution is -2.47. The zero-order valence-corrected chi connectivity index (χ0v) is 12.5. The Morgan fingerprint density at radius 2 is 2.20 bits per heavy atom. The standard InChI is InChI=1S/C13H16ClN3O2S/c14-13-5-4-12(7-10(13)8-15)20(18,19)17-6-2-1-3-11(17)9-16/h4-5,7,11H,1-3,6,9,16H2. The number of nitrogens with zero attached hydrogens (tertiary/aromatic N) is 2. The zero-order chi connectivity index (χ0) is 14.8. The van der Waals surface area contributed by atoms with Crippen LogP contribution in [0.1, 0.15) is 24.8 Å². The molecule has 0 aliphatic carbocycles. The SMILES string of the molecule is N#Cc1cc(S(=O)(=O)N2CCCCC2CN)ccc1Cl. The summed E-state index contributed by atoms with van der Waals surface area (Å²) in [7, 11) is -3.63. The summed E-state index contributed by atoms with van der Waals surface area (Å²) in [4.78, 5) is 0.0961. The first-order valence-corrected chi connectivity index (χ1v) is 8.24. The van der Waals surface area contributed by atoms with E-state index in [-0.39, 0.29) is 21.5 Å². The minimum atomic E-state index is -3.63. The van der Waals surface area contributed by atoms with Gasteiger partial charge in [-0.25, -0.2) is 8.42 Å². The van der Waals surface area contributed by atoms with Crippen molar-refractivity contribution in [3.05, 3.63) is 28.8 Å². The van der Waals surface area contributed by atoms with Gasteiger partial charge in [-0.15, -0.1) is 0 Å². The van der Waals surface area contributed by atoms with Crippen molar-refractivity contribution in [2.45, 2.75) is 30.2 Å². The second-order valence-corrected chi connectivity index (χ2v) is 7.05. The number of hydrogen-bond donors (Lipinski definition) is 1. The Hall–Kier alpha value is -1.13. The van der Waals surface area contributed by atoms with Gasteiger partial charge in [0.2, 0.25) is 10.0 Å². The molecule has 2 rings (SSSR count). The van der Waals surface area contributed by atoms with Crippen LogP contribution in [0.25, 0.3) is 0 Å². The third kappa shape index (κ3) is 2.81. The molecule has 0 aromatic heterocycles. The summed E-state index contributed by atoms with van der Waals surface area (Å²) in [5.41, 5.74) is 5.83. The molecule has 0 saturated carbocycles. The van der Waals surface area contributed by atoms with Crippen LogP contribution < -0.4 is 5.73 Å². The summed E-state index contributed by atoms with van der Waals surface area (Å²) in [6, 6.07) is 5.91. The van der Waals surface area contributed by atoms with Crippen molar-refractivity contribution in [2.24, 2.45) is 5.73 Å². The molecule has 1 aromatic carbocycles. The second kappa shape index (κ2) is 6.10. The first kappa shape index (κ1) is 15.3. The first-order valence-electron chi connectivity index (χ1n) is 6.42. The molecule has 108 valence electrons. The fourth-order valence-electron chi connectivity index (χ4n) is 2.41. The van der Waals surface area contributed by atoms with Crippen molar-refractivity contribution >= 4 is 21.6 Å². The molecule has 1 fully saturated rings. The van der Waals surface area contributed by atoms with Crippen molar-refractivity contribution in [1.29, 1.82) is 5.26 Å². The summed E-state index contributed by atoms with van der Waals surface area (Å²) >= 11 is 5.84. The Bertz CT molecular complexity index is 640. The molecule has 7 heteroatoms. The molecule has 1 aromatic rings. The van der Waals surface area contributed by atoms with Crippen molar-refractivity contribution in [3.63, 3.8) is 0 Å². The molecule has 0 radical (unpaired) electrons. The maximum absolute atomic E-state index is 12.7. The van der Waals surface area contributed by atoms with Crippen molar-refractivity contribution in [2.75, 3.05) is 13.1 Å². The highest BCUT2D eigenvalue weighted by molar-refractivity contribution is 7.89. The zero-order valence-electron chi connectivity index (χ0n) is 10.9. The quantitative estimate of drug-likeness (QED) is 0.920. The molecule has 1 aliphatic heterocycles. The smallest absolute Gasteiger partial charge is 0.243 e. The number of hydrogen-bond acceptors (Lipinski definition) is 4. The summed E-state index contributed by atoms with van der Waals surface area (Å²) in [5.74, 6) is 0. The highest BCUT2D eigenvalue weighted by Crippen LogP contribution is 2.27. The minimum absolute atomic E-state index is 0.0961. The van der Waals surface area contributed by atoms with E-state index in [0.29, 0.717) is 13.1 Å². The highest BCUT2D eigenvalue weighted by Gasteiger charge is 2.32. The molecular formula is C13H16ClN3O2S. The lowest BCUT2D eigenvalue weighted by atomic mass is 10.1. The van der Waals surface area contributed by atoms with Gasteiger partial charge in [-0.1, -0.05) is 18.0 Å². The van der Waals surface area contributed by atoms with Gasteiger partial charge in [0, 0.05) is 19.1 Å². The Balaban J connectivity index is 2.42. The molecule has 1 saturated heterocycles. The molecule has 0 amide bonds. The summed E-state index contributed by atoms with van der Waals surface area (Å²) in [5, 5.41) is 9.20. The van der Waals surface area contributed by atoms with Crippen molar-refractivity contribution in [1.82, 2.24) is 4.31 Å². The fourth-order valence-corrected chi connectivity index (χ4v) is 4.30. The number of sulfonamides is 1. The Morgan fingerprint density at radius 1 is 1.45 bits per heavy atom. The van der Waals surface area contributed by atoms with Crippen LogP contribution in [0, 0.1) is 11.3 Å². The maximum Gasteiger partial charge on any atom is 0.243 e. The van der Waals surface area contributed by atoms with Crippen LogP contribution in [0.15, 0.2) is 23.1 Å². The first-order chi connectivity index (χ1) is 9.50. The topological polar surface area (TPSA) is 87.2 Å². The predicted molar refractivity (Wildman–Crippen MR) is 76.8 cm³/mol. The van der Waals surface area contributed by atoms with Gasteiger partial charge < -0.3 is 5.73 Å². The van der Waals surface area contributed by atoms with E-state index in [1.54, 1.807) is 0 Å². The van der Waals surface area contributed by atoms with Crippen LogP contribution in [-0.4, -0.2) is 31.9 Å². The van der Waals surface area contributed by atoms with E-state index in [2.05, 4.69) is 0 Å². The van der Waals surface area contributed by atoms with E-state index < -0.39 is 10.0 Å². The van der Waals surface area contributed by atoms with E-state index >= 15 is 0 Å². The number of nitriles is 1. The average Bonchev–Trinajstić information content (AvgIpc) is 2.47. The van der Waals surface area contributed by atoms with Crippen LogP contribution in [0.2, 0.25) is 5.02 Å². The van der Waals surface area contributed by atoms with Crippen LogP contribution in [-0.2, 0) is 10.0 Å². The van der Waals surface area contributed by atoms with Gasteiger partial charge in [-0.05, 0) is 31.0 Å². The van der Waals surface area contributed by atoms with Crippen LogP contribution in [0.5, 0.6) is 0 Å². The Kier molecular flexibility index (Phi) is 4.66. The highest BCUT2D eigenvalue weighted by atomic mass is 35.5. The molecule has 1 aliphatic rings. The third-order valence-electron chi connectivity index (χ3n) is 3.51. The van der Waals surface area contributed by atoms with Crippen LogP contribution in [0.3, 0.4) is 0 Å². The normalized spacial score (nSPS) is 20.6. The van der Waals surface area contributed by atoms with Crippen LogP contribution >= 0.6 is 11.6 Å². The van der Waals surface area contributed by atoms with E-state index in [9.17, 15) is 8.42 Å². The molecule has 1 unspecified atom stereocenters. The van der Waals surface area contributed by atoms with Gasteiger partial charge in [0.05, 0.1) is 15.5 Å². The van der Waals surface area contributed by atoms with E-state index in [1.807, 2.05) is 6.07 Å². The molecule has 5 nitrogen and oxygen atoms in total. The van der Waals surface area contributed by atoms with Gasteiger partial charge in [0.25, 0.3) is 0 Å². The fraction of sp³-hybridized carbons (Fsp3) is 0.462. The largest absolute Gasteiger partial charge is 0.329 e. The monoisotopic (exact) mass is 313 g/mol. The molecule has 1 heterocycles. The van der Waals surface area contributed by atoms with Gasteiger partial charge in [-0.3, -0.25) is 0 Å². The molecule has 2 N–H and O–H groups in total. The number of rotatable bonds is 3. The van der Waals surface area contributed by atoms with Crippen molar-refractivity contribution < 1.29 is 8.42 Å². The van der Waals surface area contributed by atoms with Crippen molar-refractivity contribution in [3.8, 4) is 6.07 Å². The van der Waals surface area contributed by atoms with E-state index in [0.717, 1.165) is 19.3 Å². The van der Waals surface area contributed by atoms with Gasteiger partial charge in [0.15, 0.2) is 0 Å². The van der Waals surface area contributed by atoms with Gasteiger partial charge in [0.1, 0.15) is 6.07 Å². The van der Waals surface area contributed by atoms with Gasteiger partial charge >= 0.3 is 0 Å². The van der Waals surface area contributed by atoms with Gasteiger partial charge in [-0.2, -0.15) is 9.57 Å². The minimum Gasteiger partial charge on any atom is -0.329 e. The second-order valence-electron chi connectivity index (χ2n) is 4.75. The number of halogens is 1. The number of benzene rings is 1. The molecular weight excluding hydrogens is 298 g/mol. The number of nitrogens with two attached hydrogens (primary N) is 1. The molecule has 20 heavy (non-hydrogen) atoms. The Labute approximate surface area is 124 Å².